The van der Waals surface area contributed by atoms with Crippen LogP contribution in [0, 0.1) is 0 Å². The monoisotopic (exact) mass is 272 g/mol. The van der Waals surface area contributed by atoms with E-state index in [4.69, 9.17) is 23.2 Å². The summed E-state index contributed by atoms with van der Waals surface area (Å²) in [5.41, 5.74) is 0.332. The molecule has 0 amide bonds. The van der Waals surface area contributed by atoms with Gasteiger partial charge in [-0.25, -0.2) is 0 Å². The van der Waals surface area contributed by atoms with Crippen LogP contribution in [-0.4, -0.2) is 11.3 Å². The molecule has 90 valence electrons. The third-order valence-corrected chi connectivity index (χ3v) is 2.77. The van der Waals surface area contributed by atoms with E-state index in [1.54, 1.807) is 0 Å². The second kappa shape index (κ2) is 5.25. The van der Waals surface area contributed by atoms with Crippen LogP contribution in [0.3, 0.4) is 0 Å². The molecular weight excluding hydrogens is 264 g/mol. The van der Waals surface area contributed by atoms with E-state index in [-0.39, 0.29) is 11.4 Å². The molecule has 0 aliphatic heterocycles. The summed E-state index contributed by atoms with van der Waals surface area (Å²) in [5.74, 6) is 0. The minimum absolute atomic E-state index is 0.213. The van der Waals surface area contributed by atoms with Gasteiger partial charge in [-0.05, 0) is 24.1 Å². The van der Waals surface area contributed by atoms with Crippen molar-refractivity contribution in [2.24, 2.45) is 0 Å². The lowest BCUT2D eigenvalue weighted by Gasteiger charge is -2.13. The first kappa shape index (κ1) is 13.6. The number of alkyl halides is 3. The highest BCUT2D eigenvalue weighted by Gasteiger charge is 2.28. The lowest BCUT2D eigenvalue weighted by Crippen LogP contribution is -2.10. The van der Waals surface area contributed by atoms with Gasteiger partial charge in [0.05, 0.1) is 16.1 Å². The molecule has 1 aromatic carbocycles. The van der Waals surface area contributed by atoms with Crippen molar-refractivity contribution in [1.82, 2.24) is 0 Å². The Bertz CT molecular complexity index is 366. The first-order valence-corrected chi connectivity index (χ1v) is 5.25. The summed E-state index contributed by atoms with van der Waals surface area (Å²) in [6.07, 6.45) is -6.87. The van der Waals surface area contributed by atoms with Gasteiger partial charge in [0, 0.05) is 6.42 Å². The van der Waals surface area contributed by atoms with Crippen LogP contribution in [0.15, 0.2) is 18.2 Å². The summed E-state index contributed by atoms with van der Waals surface area (Å²) in [6, 6.07) is 4.26. The van der Waals surface area contributed by atoms with Crippen molar-refractivity contribution < 1.29 is 18.3 Å². The summed E-state index contributed by atoms with van der Waals surface area (Å²) >= 11 is 11.3. The van der Waals surface area contributed by atoms with Gasteiger partial charge >= 0.3 is 6.18 Å². The van der Waals surface area contributed by atoms with Crippen LogP contribution in [-0.2, 0) is 0 Å². The highest BCUT2D eigenvalue weighted by atomic mass is 35.5. The molecule has 1 N–H and O–H groups in total. The molecule has 0 spiro atoms. The summed E-state index contributed by atoms with van der Waals surface area (Å²) in [6.45, 7) is 0. The Labute approximate surface area is 101 Å². The van der Waals surface area contributed by atoms with Crippen LogP contribution >= 0.6 is 23.2 Å². The largest absolute Gasteiger partial charge is 0.389 e. The third kappa shape index (κ3) is 4.20. The molecule has 1 aromatic rings. The number of hydrogen-bond donors (Lipinski definition) is 1. The van der Waals surface area contributed by atoms with Crippen LogP contribution in [0.2, 0.25) is 10.0 Å². The average molecular weight is 273 g/mol. The molecule has 0 fully saturated rings. The topological polar surface area (TPSA) is 20.2 Å². The molecule has 1 atom stereocenters. The Morgan fingerprint density at radius 1 is 1.19 bits per heavy atom. The molecule has 0 saturated heterocycles. The molecule has 0 bridgehead atoms. The molecular formula is C10H9Cl2F3O. The molecule has 1 rings (SSSR count). The average Bonchev–Trinajstić information content (AvgIpc) is 2.17. The van der Waals surface area contributed by atoms with Gasteiger partial charge in [-0.3, -0.25) is 0 Å². The van der Waals surface area contributed by atoms with Gasteiger partial charge in [-0.1, -0.05) is 29.3 Å². The van der Waals surface area contributed by atoms with Crippen LogP contribution in [0.5, 0.6) is 0 Å². The van der Waals surface area contributed by atoms with Gasteiger partial charge in [-0.15, -0.1) is 0 Å². The molecule has 0 aliphatic rings. The maximum atomic E-state index is 11.9. The van der Waals surface area contributed by atoms with Gasteiger partial charge in [0.1, 0.15) is 0 Å². The van der Waals surface area contributed by atoms with Gasteiger partial charge in [0.15, 0.2) is 0 Å². The van der Waals surface area contributed by atoms with Crippen LogP contribution < -0.4 is 0 Å². The molecule has 0 aliphatic carbocycles. The van der Waals surface area contributed by atoms with Gasteiger partial charge in [-0.2, -0.15) is 13.2 Å². The minimum atomic E-state index is -4.27. The summed E-state index contributed by atoms with van der Waals surface area (Å²) in [4.78, 5) is 0. The lowest BCUT2D eigenvalue weighted by atomic mass is 10.1. The molecule has 0 aromatic heterocycles. The molecule has 1 unspecified atom stereocenters. The summed E-state index contributed by atoms with van der Waals surface area (Å²) < 4.78 is 35.8. The Kier molecular flexibility index (Phi) is 4.47. The fourth-order valence-electron chi connectivity index (χ4n) is 1.19. The zero-order valence-electron chi connectivity index (χ0n) is 8.06. The molecule has 1 nitrogen and oxygen atoms in total. The van der Waals surface area contributed by atoms with Crippen LogP contribution in [0.25, 0.3) is 0 Å². The van der Waals surface area contributed by atoms with Gasteiger partial charge < -0.3 is 5.11 Å². The number of hydrogen-bond acceptors (Lipinski definition) is 1. The smallest absolute Gasteiger partial charge is 0.388 e. The van der Waals surface area contributed by atoms with Crippen LogP contribution in [0.4, 0.5) is 13.2 Å². The van der Waals surface area contributed by atoms with Gasteiger partial charge in [0.25, 0.3) is 0 Å². The van der Waals surface area contributed by atoms with Crippen molar-refractivity contribution in [3.05, 3.63) is 33.8 Å². The normalized spacial score (nSPS) is 13.9. The molecule has 16 heavy (non-hydrogen) atoms. The van der Waals surface area contributed by atoms with E-state index in [1.807, 2.05) is 0 Å². The quantitative estimate of drug-likeness (QED) is 0.867. The van der Waals surface area contributed by atoms with Crippen molar-refractivity contribution in [2.75, 3.05) is 0 Å². The molecule has 0 heterocycles. The Balaban J connectivity index is 2.66. The highest BCUT2D eigenvalue weighted by molar-refractivity contribution is 6.42. The van der Waals surface area contributed by atoms with Crippen molar-refractivity contribution in [2.45, 2.75) is 25.1 Å². The standard InChI is InChI=1S/C10H9Cl2F3O/c11-7-2-1-6(5-8(7)12)9(16)3-4-10(13,14)15/h1-2,5,9,16H,3-4H2. The second-order valence-electron chi connectivity index (χ2n) is 3.34. The third-order valence-electron chi connectivity index (χ3n) is 2.03. The Morgan fingerprint density at radius 3 is 2.31 bits per heavy atom. The van der Waals surface area contributed by atoms with Crippen molar-refractivity contribution in [1.29, 1.82) is 0 Å². The predicted octanol–water partition coefficient (Wildman–Crippen LogP) is 4.37. The van der Waals surface area contributed by atoms with E-state index in [9.17, 15) is 18.3 Å². The molecule has 0 radical (unpaired) electrons. The molecule has 6 heteroatoms. The highest BCUT2D eigenvalue weighted by Crippen LogP contribution is 2.30. The fourth-order valence-corrected chi connectivity index (χ4v) is 1.49. The molecule has 0 saturated carbocycles. The van der Waals surface area contributed by atoms with E-state index in [2.05, 4.69) is 0 Å². The SMILES string of the molecule is OC(CCC(F)(F)F)c1ccc(Cl)c(Cl)c1. The van der Waals surface area contributed by atoms with Crippen molar-refractivity contribution in [3.8, 4) is 0 Å². The number of benzene rings is 1. The first-order chi connectivity index (χ1) is 7.29. The Hall–Kier alpha value is -0.450. The Morgan fingerprint density at radius 2 is 1.81 bits per heavy atom. The maximum absolute atomic E-state index is 11.9. The fraction of sp³-hybridized carbons (Fsp3) is 0.400. The van der Waals surface area contributed by atoms with E-state index >= 15 is 0 Å². The number of aliphatic hydroxyl groups excluding tert-OH is 1. The van der Waals surface area contributed by atoms with E-state index in [1.165, 1.54) is 18.2 Å². The van der Waals surface area contributed by atoms with E-state index in [0.29, 0.717) is 10.6 Å². The minimum Gasteiger partial charge on any atom is -0.388 e. The summed E-state index contributed by atoms with van der Waals surface area (Å²) in [5, 5.41) is 10.0. The van der Waals surface area contributed by atoms with Gasteiger partial charge in [0.2, 0.25) is 0 Å². The lowest BCUT2D eigenvalue weighted by molar-refractivity contribution is -0.140. The first-order valence-electron chi connectivity index (χ1n) is 4.49. The zero-order chi connectivity index (χ0) is 12.3. The van der Waals surface area contributed by atoms with Crippen molar-refractivity contribution >= 4 is 23.2 Å². The number of rotatable bonds is 3. The second-order valence-corrected chi connectivity index (χ2v) is 4.16. The van der Waals surface area contributed by atoms with E-state index < -0.39 is 18.7 Å². The van der Waals surface area contributed by atoms with E-state index in [0.717, 1.165) is 0 Å². The number of halogens is 5. The predicted molar refractivity (Wildman–Crippen MR) is 56.7 cm³/mol. The summed E-state index contributed by atoms with van der Waals surface area (Å²) in [7, 11) is 0. The van der Waals surface area contributed by atoms with Crippen molar-refractivity contribution in [3.63, 3.8) is 0 Å². The number of aliphatic hydroxyl groups is 1. The maximum Gasteiger partial charge on any atom is 0.389 e. The van der Waals surface area contributed by atoms with Crippen LogP contribution in [0.1, 0.15) is 24.5 Å². The zero-order valence-corrected chi connectivity index (χ0v) is 9.57.